The SMILES string of the molecule is C=N/C(=C\SCNC(=O)n1nnc2ccccc21)Cc1c(C)cccc1C. The molecule has 7 heteroatoms. The Bertz CT molecular complexity index is 988. The topological polar surface area (TPSA) is 72.2 Å². The molecule has 1 heterocycles. The summed E-state index contributed by atoms with van der Waals surface area (Å²) in [6.07, 6.45) is 0.719. The average Bonchev–Trinajstić information content (AvgIpc) is 3.10. The van der Waals surface area contributed by atoms with Gasteiger partial charge in [0.05, 0.1) is 17.1 Å². The Morgan fingerprint density at radius 2 is 1.96 bits per heavy atom. The molecule has 0 aliphatic carbocycles. The summed E-state index contributed by atoms with van der Waals surface area (Å²) in [6.45, 7) is 7.86. The summed E-state index contributed by atoms with van der Waals surface area (Å²) in [7, 11) is 0. The smallest absolute Gasteiger partial charge is 0.327 e. The van der Waals surface area contributed by atoms with Crippen LogP contribution in [0.3, 0.4) is 0 Å². The van der Waals surface area contributed by atoms with Gasteiger partial charge in [-0.25, -0.2) is 4.79 Å². The van der Waals surface area contributed by atoms with Crippen molar-refractivity contribution in [3.63, 3.8) is 0 Å². The molecule has 0 atom stereocenters. The molecule has 3 rings (SSSR count). The van der Waals surface area contributed by atoms with E-state index in [2.05, 4.69) is 59.4 Å². The van der Waals surface area contributed by atoms with Gasteiger partial charge in [0.2, 0.25) is 0 Å². The number of nitrogens with one attached hydrogen (secondary N) is 1. The summed E-state index contributed by atoms with van der Waals surface area (Å²) in [5.74, 6) is 0.402. The molecule has 27 heavy (non-hydrogen) atoms. The number of thioether (sulfide) groups is 1. The standard InChI is InChI=1S/C20H21N5OS/c1-14-7-6-8-15(2)17(14)11-16(21-3)12-27-13-22-20(26)25-19-10-5-4-9-18(19)23-24-25/h4-10,12H,3,11,13H2,1-2H3,(H,22,26)/b16-12-. The van der Waals surface area contributed by atoms with E-state index in [-0.39, 0.29) is 6.03 Å². The lowest BCUT2D eigenvalue weighted by atomic mass is 9.99. The van der Waals surface area contributed by atoms with E-state index in [1.807, 2.05) is 29.7 Å². The Kier molecular flexibility index (Phi) is 6.03. The van der Waals surface area contributed by atoms with Gasteiger partial charge in [-0.2, -0.15) is 4.68 Å². The molecule has 0 bridgehead atoms. The van der Waals surface area contributed by atoms with Crippen molar-refractivity contribution >= 4 is 35.5 Å². The van der Waals surface area contributed by atoms with E-state index in [0.717, 1.165) is 12.1 Å². The molecule has 138 valence electrons. The number of rotatable bonds is 6. The quantitative estimate of drug-likeness (QED) is 0.398. The van der Waals surface area contributed by atoms with Crippen LogP contribution in [0.4, 0.5) is 4.79 Å². The molecule has 0 aliphatic rings. The number of aromatic nitrogens is 3. The number of aliphatic imine (C=N–C) groups is 1. The third-order valence-electron chi connectivity index (χ3n) is 4.28. The largest absolute Gasteiger partial charge is 0.344 e. The van der Waals surface area contributed by atoms with E-state index < -0.39 is 0 Å². The monoisotopic (exact) mass is 379 g/mol. The second kappa shape index (κ2) is 8.64. The van der Waals surface area contributed by atoms with E-state index in [1.54, 1.807) is 0 Å². The molecule has 0 saturated heterocycles. The summed E-state index contributed by atoms with van der Waals surface area (Å²) in [5.41, 5.74) is 5.97. The Labute approximate surface area is 162 Å². The number of carbonyl (C=O) groups is 1. The number of nitrogens with zero attached hydrogens (tertiary/aromatic N) is 4. The molecule has 3 aromatic rings. The van der Waals surface area contributed by atoms with Crippen LogP contribution in [0.1, 0.15) is 16.7 Å². The Morgan fingerprint density at radius 1 is 1.22 bits per heavy atom. The molecule has 6 nitrogen and oxygen atoms in total. The van der Waals surface area contributed by atoms with Gasteiger partial charge in [-0.15, -0.1) is 16.9 Å². The van der Waals surface area contributed by atoms with E-state index >= 15 is 0 Å². The summed E-state index contributed by atoms with van der Waals surface area (Å²) in [5, 5.41) is 12.6. The first kappa shape index (κ1) is 18.8. The summed E-state index contributed by atoms with van der Waals surface area (Å²) in [4.78, 5) is 16.4. The zero-order valence-corrected chi connectivity index (χ0v) is 16.2. The first-order chi connectivity index (χ1) is 13.1. The number of hydrogen-bond acceptors (Lipinski definition) is 5. The third-order valence-corrected chi connectivity index (χ3v) is 5.03. The lowest BCUT2D eigenvalue weighted by molar-refractivity contribution is 0.241. The number of allylic oxidation sites excluding steroid dienone is 1. The van der Waals surface area contributed by atoms with Gasteiger partial charge in [-0.05, 0) is 54.8 Å². The van der Waals surface area contributed by atoms with Gasteiger partial charge in [0.25, 0.3) is 0 Å². The molecule has 0 radical (unpaired) electrons. The van der Waals surface area contributed by atoms with Crippen molar-refractivity contribution in [3.05, 3.63) is 70.3 Å². The highest BCUT2D eigenvalue weighted by atomic mass is 32.2. The third kappa shape index (κ3) is 4.43. The molecular formula is C20H21N5OS. The summed E-state index contributed by atoms with van der Waals surface area (Å²) < 4.78 is 1.27. The molecule has 1 aromatic heterocycles. The summed E-state index contributed by atoms with van der Waals surface area (Å²) in [6, 6.07) is 13.3. The Morgan fingerprint density at radius 3 is 2.70 bits per heavy atom. The molecule has 0 fully saturated rings. The van der Waals surface area contributed by atoms with Crippen LogP contribution in [-0.2, 0) is 6.42 Å². The molecule has 1 amide bonds. The minimum absolute atomic E-state index is 0.313. The Hall–Kier alpha value is -2.93. The van der Waals surface area contributed by atoms with Gasteiger partial charge < -0.3 is 5.32 Å². The first-order valence-corrected chi connectivity index (χ1v) is 9.56. The predicted molar refractivity (Wildman–Crippen MR) is 111 cm³/mol. The highest BCUT2D eigenvalue weighted by Crippen LogP contribution is 2.20. The van der Waals surface area contributed by atoms with Crippen molar-refractivity contribution in [3.8, 4) is 0 Å². The van der Waals surface area contributed by atoms with Gasteiger partial charge in [0.15, 0.2) is 0 Å². The van der Waals surface area contributed by atoms with Crippen LogP contribution in [0.15, 0.2) is 58.6 Å². The number of fused-ring (bicyclic) bond motifs is 1. The van der Waals surface area contributed by atoms with Gasteiger partial charge in [-0.3, -0.25) is 4.99 Å². The highest BCUT2D eigenvalue weighted by Gasteiger charge is 2.10. The zero-order chi connectivity index (χ0) is 19.2. The maximum Gasteiger partial charge on any atom is 0.344 e. The van der Waals surface area contributed by atoms with Crippen LogP contribution in [0.25, 0.3) is 11.0 Å². The number of carbonyl (C=O) groups excluding carboxylic acids is 1. The second-order valence-corrected chi connectivity index (χ2v) is 6.96. The number of benzene rings is 2. The number of aryl methyl sites for hydroxylation is 2. The fourth-order valence-electron chi connectivity index (χ4n) is 2.78. The van der Waals surface area contributed by atoms with Crippen LogP contribution >= 0.6 is 11.8 Å². The minimum atomic E-state index is -0.313. The molecule has 1 N–H and O–H groups in total. The average molecular weight is 379 g/mol. The molecule has 0 saturated carbocycles. The van der Waals surface area contributed by atoms with Gasteiger partial charge in [-0.1, -0.05) is 35.5 Å². The summed E-state index contributed by atoms with van der Waals surface area (Å²) >= 11 is 1.46. The lowest BCUT2D eigenvalue weighted by Gasteiger charge is -2.10. The number of amides is 1. The van der Waals surface area contributed by atoms with E-state index in [4.69, 9.17) is 0 Å². The van der Waals surface area contributed by atoms with E-state index in [1.165, 1.54) is 33.1 Å². The normalized spacial score (nSPS) is 11.6. The molecule has 0 aliphatic heterocycles. The highest BCUT2D eigenvalue weighted by molar-refractivity contribution is 8.02. The second-order valence-electron chi connectivity index (χ2n) is 6.10. The maximum atomic E-state index is 12.3. The van der Waals surface area contributed by atoms with Crippen molar-refractivity contribution < 1.29 is 4.79 Å². The molecule has 0 unspecified atom stereocenters. The fourth-order valence-corrected chi connectivity index (χ4v) is 3.42. The number of hydrogen-bond donors (Lipinski definition) is 1. The van der Waals surface area contributed by atoms with Crippen LogP contribution in [0.5, 0.6) is 0 Å². The molecular weight excluding hydrogens is 358 g/mol. The van der Waals surface area contributed by atoms with Gasteiger partial charge in [0, 0.05) is 6.42 Å². The van der Waals surface area contributed by atoms with Crippen molar-refractivity contribution in [2.45, 2.75) is 20.3 Å². The van der Waals surface area contributed by atoms with Crippen LogP contribution < -0.4 is 5.32 Å². The van der Waals surface area contributed by atoms with Crippen molar-refractivity contribution in [2.75, 3.05) is 5.88 Å². The maximum absolute atomic E-state index is 12.3. The van der Waals surface area contributed by atoms with Gasteiger partial charge in [0.1, 0.15) is 5.52 Å². The van der Waals surface area contributed by atoms with Gasteiger partial charge >= 0.3 is 6.03 Å². The first-order valence-electron chi connectivity index (χ1n) is 8.51. The van der Waals surface area contributed by atoms with Crippen molar-refractivity contribution in [1.29, 1.82) is 0 Å². The van der Waals surface area contributed by atoms with Crippen molar-refractivity contribution in [2.24, 2.45) is 4.99 Å². The fraction of sp³-hybridized carbons (Fsp3) is 0.200. The van der Waals surface area contributed by atoms with Crippen LogP contribution in [-0.4, -0.2) is 33.6 Å². The zero-order valence-electron chi connectivity index (χ0n) is 15.3. The predicted octanol–water partition coefficient (Wildman–Crippen LogP) is 4.08. The minimum Gasteiger partial charge on any atom is -0.327 e. The Balaban J connectivity index is 1.59. The lowest BCUT2D eigenvalue weighted by Crippen LogP contribution is -2.28. The van der Waals surface area contributed by atoms with Crippen molar-refractivity contribution in [1.82, 2.24) is 20.3 Å². The van der Waals surface area contributed by atoms with Crippen LogP contribution in [0.2, 0.25) is 0 Å². The molecule has 0 spiro atoms. The van der Waals surface area contributed by atoms with E-state index in [0.29, 0.717) is 16.9 Å². The van der Waals surface area contributed by atoms with Crippen LogP contribution in [0, 0.1) is 13.8 Å². The van der Waals surface area contributed by atoms with E-state index in [9.17, 15) is 4.79 Å². The number of para-hydroxylation sites is 1. The molecule has 2 aromatic carbocycles.